The number of rotatable bonds is 2. The van der Waals surface area contributed by atoms with Gasteiger partial charge in [-0.25, -0.2) is 0 Å². The minimum absolute atomic E-state index is 0.0666. The van der Waals surface area contributed by atoms with Crippen LogP contribution in [-0.4, -0.2) is 17.5 Å². The van der Waals surface area contributed by atoms with Crippen LogP contribution in [0.3, 0.4) is 0 Å². The zero-order valence-electron chi connectivity index (χ0n) is 13.8. The second kappa shape index (κ2) is 7.29. The Hall–Kier alpha value is -1.96. The Morgan fingerprint density at radius 3 is 2.21 bits per heavy atom. The molecule has 0 saturated carbocycles. The number of aromatic nitrogens is 1. The van der Waals surface area contributed by atoms with Gasteiger partial charge in [-0.05, 0) is 50.6 Å². The minimum atomic E-state index is -4.02. The van der Waals surface area contributed by atoms with Crippen molar-refractivity contribution in [3.8, 4) is 0 Å². The molecule has 0 unspecified atom stereocenters. The molecule has 0 aliphatic rings. The van der Waals surface area contributed by atoms with E-state index in [1.165, 1.54) is 27.9 Å². The summed E-state index contributed by atoms with van der Waals surface area (Å²) < 4.78 is 32.8. The van der Waals surface area contributed by atoms with E-state index in [1.54, 1.807) is 23.5 Å². The van der Waals surface area contributed by atoms with Crippen LogP contribution in [0, 0.1) is 19.3 Å². The van der Waals surface area contributed by atoms with E-state index < -0.39 is 10.1 Å². The maximum atomic E-state index is 10.5. The first-order valence-electron chi connectivity index (χ1n) is 7.41. The number of nitrogens with one attached hydrogen (secondary N) is 1. The van der Waals surface area contributed by atoms with Gasteiger partial charge in [-0.15, -0.1) is 0 Å². The first-order chi connectivity index (χ1) is 11.2. The zero-order valence-corrected chi connectivity index (χ0v) is 15.4. The van der Waals surface area contributed by atoms with E-state index >= 15 is 0 Å². The van der Waals surface area contributed by atoms with Crippen LogP contribution in [0.4, 0.5) is 0 Å². The highest BCUT2D eigenvalue weighted by atomic mass is 32.2. The Morgan fingerprint density at radius 2 is 1.67 bits per heavy atom. The van der Waals surface area contributed by atoms with Crippen LogP contribution in [0.1, 0.15) is 18.1 Å². The molecular weight excluding hydrogens is 344 g/mol. The van der Waals surface area contributed by atoms with Gasteiger partial charge in [0.15, 0.2) is 4.80 Å². The molecule has 0 spiro atoms. The van der Waals surface area contributed by atoms with Crippen molar-refractivity contribution in [2.45, 2.75) is 32.2 Å². The molecule has 24 heavy (non-hydrogen) atoms. The molecule has 0 atom stereocenters. The van der Waals surface area contributed by atoms with E-state index in [4.69, 9.17) is 9.96 Å². The summed E-state index contributed by atoms with van der Waals surface area (Å²) >= 11 is 1.55. The smallest absolute Gasteiger partial charge is 0.294 e. The average molecular weight is 364 g/mol. The van der Waals surface area contributed by atoms with Gasteiger partial charge in [0, 0.05) is 6.54 Å². The maximum absolute atomic E-state index is 10.5. The van der Waals surface area contributed by atoms with Crippen molar-refractivity contribution < 1.29 is 13.0 Å². The van der Waals surface area contributed by atoms with Gasteiger partial charge >= 0.3 is 0 Å². The Kier molecular flexibility index (Phi) is 5.58. The Balaban J connectivity index is 0.000000177. The molecule has 5 nitrogen and oxygen atoms in total. The van der Waals surface area contributed by atoms with Crippen molar-refractivity contribution >= 4 is 31.7 Å². The molecule has 1 heterocycles. The van der Waals surface area contributed by atoms with Gasteiger partial charge in [0.25, 0.3) is 10.1 Å². The van der Waals surface area contributed by atoms with E-state index in [0.29, 0.717) is 4.80 Å². The van der Waals surface area contributed by atoms with E-state index in [1.807, 2.05) is 11.5 Å². The summed E-state index contributed by atoms with van der Waals surface area (Å²) in [4.78, 5) is 0.575. The van der Waals surface area contributed by atoms with Crippen LogP contribution in [0.25, 0.3) is 10.2 Å². The molecule has 3 rings (SSSR count). The van der Waals surface area contributed by atoms with Crippen LogP contribution in [0.2, 0.25) is 0 Å². The molecule has 2 N–H and O–H groups in total. The van der Waals surface area contributed by atoms with Crippen molar-refractivity contribution in [3.63, 3.8) is 0 Å². The summed E-state index contributed by atoms with van der Waals surface area (Å²) in [6.07, 6.45) is 0. The van der Waals surface area contributed by atoms with Crippen molar-refractivity contribution in [3.05, 3.63) is 58.4 Å². The highest BCUT2D eigenvalue weighted by molar-refractivity contribution is 7.85. The van der Waals surface area contributed by atoms with Crippen LogP contribution in [-0.2, 0) is 16.7 Å². The van der Waals surface area contributed by atoms with Crippen molar-refractivity contribution in [1.29, 1.82) is 5.41 Å². The van der Waals surface area contributed by atoms with Crippen molar-refractivity contribution in [2.75, 3.05) is 0 Å². The molecule has 0 saturated heterocycles. The third-order valence-electron chi connectivity index (χ3n) is 3.49. The number of thiazole rings is 1. The predicted octanol–water partition coefficient (Wildman–Crippen LogP) is 3.75. The van der Waals surface area contributed by atoms with Gasteiger partial charge in [0.1, 0.15) is 0 Å². The number of hydrogen-bond acceptors (Lipinski definition) is 4. The lowest BCUT2D eigenvalue weighted by atomic mass is 10.2. The van der Waals surface area contributed by atoms with Crippen LogP contribution in [0.15, 0.2) is 47.4 Å². The lowest BCUT2D eigenvalue weighted by Gasteiger charge is -1.98. The number of benzene rings is 2. The SMILES string of the molecule is CCn1c(=N)sc2cc(C)ccc21.Cc1ccc(S(=O)(=O)O)cc1. The van der Waals surface area contributed by atoms with E-state index in [0.717, 1.165) is 12.1 Å². The summed E-state index contributed by atoms with van der Waals surface area (Å²) in [7, 11) is -4.02. The van der Waals surface area contributed by atoms with E-state index in [2.05, 4.69) is 32.0 Å². The summed E-state index contributed by atoms with van der Waals surface area (Å²) in [6.45, 7) is 6.87. The van der Waals surface area contributed by atoms with Crippen molar-refractivity contribution in [2.24, 2.45) is 0 Å². The molecule has 0 bridgehead atoms. The standard InChI is InChI=1S/C10H12N2S.C7H8O3S/c1-3-12-8-5-4-7(2)6-9(8)13-10(12)11;1-6-2-4-7(5-3-6)11(8,9)10/h4-6,11H,3H2,1-2H3;2-5H,1H3,(H,8,9,10). The number of hydrogen-bond donors (Lipinski definition) is 2. The minimum Gasteiger partial charge on any atom is -0.317 e. The molecule has 7 heteroatoms. The molecule has 1 aromatic heterocycles. The van der Waals surface area contributed by atoms with Crippen LogP contribution >= 0.6 is 11.3 Å². The average Bonchev–Trinajstić information content (AvgIpc) is 2.81. The fourth-order valence-corrected chi connectivity index (χ4v) is 3.77. The molecule has 3 aromatic rings. The van der Waals surface area contributed by atoms with Gasteiger partial charge in [0.05, 0.1) is 15.1 Å². The quantitative estimate of drug-likeness (QED) is 0.679. The van der Waals surface area contributed by atoms with Gasteiger partial charge in [-0.3, -0.25) is 9.96 Å². The fourth-order valence-electron chi connectivity index (χ4n) is 2.22. The summed E-state index contributed by atoms with van der Waals surface area (Å²) in [6, 6.07) is 12.3. The largest absolute Gasteiger partial charge is 0.317 e. The summed E-state index contributed by atoms with van der Waals surface area (Å²) in [5, 5.41) is 7.75. The summed E-state index contributed by atoms with van der Waals surface area (Å²) in [5.74, 6) is 0. The lowest BCUT2D eigenvalue weighted by molar-refractivity contribution is 0.483. The highest BCUT2D eigenvalue weighted by Gasteiger charge is 2.06. The second-order valence-corrected chi connectivity index (χ2v) is 7.86. The zero-order chi connectivity index (χ0) is 17.9. The van der Waals surface area contributed by atoms with Crippen LogP contribution in [0.5, 0.6) is 0 Å². The fraction of sp³-hybridized carbons (Fsp3) is 0.235. The number of nitrogens with zero attached hydrogens (tertiary/aromatic N) is 1. The highest BCUT2D eigenvalue weighted by Crippen LogP contribution is 2.18. The molecule has 2 aromatic carbocycles. The topological polar surface area (TPSA) is 83.2 Å². The normalized spacial score (nSPS) is 11.2. The van der Waals surface area contributed by atoms with Crippen LogP contribution < -0.4 is 4.80 Å². The van der Waals surface area contributed by atoms with Crippen molar-refractivity contribution in [1.82, 2.24) is 4.57 Å². The van der Waals surface area contributed by atoms with Gasteiger partial charge < -0.3 is 4.57 Å². The Bertz CT molecular complexity index is 1000. The maximum Gasteiger partial charge on any atom is 0.294 e. The molecule has 0 aliphatic carbocycles. The van der Waals surface area contributed by atoms with Gasteiger partial charge in [0.2, 0.25) is 0 Å². The monoisotopic (exact) mass is 364 g/mol. The third-order valence-corrected chi connectivity index (χ3v) is 5.32. The second-order valence-electron chi connectivity index (χ2n) is 5.41. The molecular formula is C17H20N2O3S2. The molecule has 0 amide bonds. The molecule has 128 valence electrons. The van der Waals surface area contributed by atoms with Gasteiger partial charge in [-0.2, -0.15) is 8.42 Å². The Morgan fingerprint density at radius 1 is 1.08 bits per heavy atom. The summed E-state index contributed by atoms with van der Waals surface area (Å²) in [5.41, 5.74) is 3.40. The molecule has 0 radical (unpaired) electrons. The Labute approximate surface area is 145 Å². The first-order valence-corrected chi connectivity index (χ1v) is 9.66. The third kappa shape index (κ3) is 4.31. The van der Waals surface area contributed by atoms with E-state index in [-0.39, 0.29) is 4.90 Å². The lowest BCUT2D eigenvalue weighted by Crippen LogP contribution is -2.10. The van der Waals surface area contributed by atoms with Gasteiger partial charge in [-0.1, -0.05) is 35.1 Å². The molecule has 0 fully saturated rings. The molecule has 0 aliphatic heterocycles. The predicted molar refractivity (Wildman–Crippen MR) is 97.1 cm³/mol. The number of aryl methyl sites for hydroxylation is 3. The first kappa shape index (κ1) is 18.4. The van der Waals surface area contributed by atoms with E-state index in [9.17, 15) is 8.42 Å². The number of fused-ring (bicyclic) bond motifs is 1.